The minimum atomic E-state index is 0.0262. The molecule has 1 amide bonds. The summed E-state index contributed by atoms with van der Waals surface area (Å²) in [4.78, 5) is 13.0. The van der Waals surface area contributed by atoms with Gasteiger partial charge in [0.05, 0.1) is 0 Å². The highest BCUT2D eigenvalue weighted by atomic mass is 79.9. The van der Waals surface area contributed by atoms with Crippen LogP contribution in [0.1, 0.15) is 6.42 Å². The van der Waals surface area contributed by atoms with E-state index in [-0.39, 0.29) is 10.7 Å². The number of carbonyl (C=O) groups is 1. The number of alkyl halides is 1. The number of tetrazole rings is 1. The summed E-state index contributed by atoms with van der Waals surface area (Å²) in [6.45, 7) is 0.609. The molecule has 7 heteroatoms. The van der Waals surface area contributed by atoms with E-state index < -0.39 is 0 Å². The Bertz CT molecular complexity index is 286. The Morgan fingerprint density at radius 2 is 2.50 bits per heavy atom. The normalized spacial score (nSPS) is 23.6. The fraction of sp³-hybridized carbons (Fsp3) is 0.600. The molecule has 64 valence electrons. The number of hydrogen-bond acceptors (Lipinski definition) is 4. The predicted molar refractivity (Wildman–Crippen MR) is 43.9 cm³/mol. The van der Waals surface area contributed by atoms with Gasteiger partial charge in [-0.05, 0) is 5.21 Å². The van der Waals surface area contributed by atoms with Gasteiger partial charge in [-0.25, -0.2) is 0 Å². The second kappa shape index (κ2) is 2.81. The van der Waals surface area contributed by atoms with Crippen molar-refractivity contribution in [3.8, 4) is 0 Å². The van der Waals surface area contributed by atoms with Crippen LogP contribution in [0.15, 0.2) is 0 Å². The molecule has 0 bridgehead atoms. The number of rotatable bonds is 1. The van der Waals surface area contributed by atoms with Crippen LogP contribution in [0, 0.1) is 0 Å². The molecule has 0 spiro atoms. The van der Waals surface area contributed by atoms with E-state index in [1.165, 1.54) is 4.90 Å². The van der Waals surface area contributed by atoms with Crippen LogP contribution in [0.25, 0.3) is 0 Å². The van der Waals surface area contributed by atoms with Gasteiger partial charge in [-0.3, -0.25) is 9.69 Å². The zero-order chi connectivity index (χ0) is 8.55. The average Bonchev–Trinajstić information content (AvgIpc) is 2.58. The summed E-state index contributed by atoms with van der Waals surface area (Å²) < 4.78 is 0. The summed E-state index contributed by atoms with van der Waals surface area (Å²) in [7, 11) is 0. The lowest BCUT2D eigenvalue weighted by atomic mass is 10.4. The zero-order valence-electron chi connectivity index (χ0n) is 6.07. The Morgan fingerprint density at radius 1 is 1.67 bits per heavy atom. The molecule has 1 aliphatic heterocycles. The van der Waals surface area contributed by atoms with E-state index in [0.717, 1.165) is 0 Å². The van der Waals surface area contributed by atoms with Gasteiger partial charge < -0.3 is 0 Å². The van der Waals surface area contributed by atoms with Gasteiger partial charge in [0.1, 0.15) is 0 Å². The van der Waals surface area contributed by atoms with Crippen molar-refractivity contribution in [2.75, 3.05) is 11.4 Å². The number of amides is 1. The lowest BCUT2D eigenvalue weighted by Gasteiger charge is -2.08. The first-order valence-corrected chi connectivity index (χ1v) is 4.37. The molecule has 6 nitrogen and oxygen atoms in total. The van der Waals surface area contributed by atoms with E-state index in [2.05, 4.69) is 36.6 Å². The molecule has 0 aliphatic carbocycles. The van der Waals surface area contributed by atoms with E-state index in [9.17, 15) is 4.79 Å². The number of aromatic nitrogens is 4. The fourth-order valence-corrected chi connectivity index (χ4v) is 1.69. The molecule has 1 atom stereocenters. The quantitative estimate of drug-likeness (QED) is 0.674. The third-order valence-electron chi connectivity index (χ3n) is 1.65. The topological polar surface area (TPSA) is 74.8 Å². The molecule has 1 unspecified atom stereocenters. The van der Waals surface area contributed by atoms with E-state index in [1.807, 2.05) is 0 Å². The number of nitrogens with one attached hydrogen (secondary N) is 1. The number of nitrogens with zero attached hydrogens (tertiary/aromatic N) is 4. The Hall–Kier alpha value is -0.980. The van der Waals surface area contributed by atoms with Crippen molar-refractivity contribution in [2.24, 2.45) is 0 Å². The van der Waals surface area contributed by atoms with Gasteiger partial charge >= 0.3 is 0 Å². The molecule has 2 heterocycles. The van der Waals surface area contributed by atoms with Crippen molar-refractivity contribution in [2.45, 2.75) is 11.2 Å². The molecular formula is C5H6BrN5O. The maximum absolute atomic E-state index is 11.3. The van der Waals surface area contributed by atoms with Crippen molar-refractivity contribution in [1.29, 1.82) is 0 Å². The number of aromatic amines is 1. The Balaban J connectivity index is 2.21. The summed E-state index contributed by atoms with van der Waals surface area (Å²) in [5.41, 5.74) is 0. The predicted octanol–water partition coefficient (Wildman–Crippen LogP) is -0.300. The van der Waals surface area contributed by atoms with Crippen LogP contribution in [-0.4, -0.2) is 37.9 Å². The average molecular weight is 232 g/mol. The van der Waals surface area contributed by atoms with Gasteiger partial charge in [0, 0.05) is 17.8 Å². The largest absolute Gasteiger partial charge is 0.277 e. The Morgan fingerprint density at radius 3 is 3.00 bits per heavy atom. The van der Waals surface area contributed by atoms with Gasteiger partial charge in [0.15, 0.2) is 0 Å². The second-order valence-corrected chi connectivity index (χ2v) is 3.81. The van der Waals surface area contributed by atoms with Crippen LogP contribution in [0.4, 0.5) is 5.95 Å². The molecule has 0 radical (unpaired) electrons. The first-order valence-electron chi connectivity index (χ1n) is 3.45. The van der Waals surface area contributed by atoms with Crippen LogP contribution in [0.5, 0.6) is 0 Å². The van der Waals surface area contributed by atoms with Crippen molar-refractivity contribution < 1.29 is 4.79 Å². The molecule has 1 N–H and O–H groups in total. The molecule has 1 fully saturated rings. The lowest BCUT2D eigenvalue weighted by molar-refractivity contribution is -0.117. The maximum atomic E-state index is 11.3. The molecular weight excluding hydrogens is 226 g/mol. The number of hydrogen-bond donors (Lipinski definition) is 1. The molecule has 1 saturated heterocycles. The van der Waals surface area contributed by atoms with E-state index in [4.69, 9.17) is 0 Å². The van der Waals surface area contributed by atoms with Crippen LogP contribution in [0.2, 0.25) is 0 Å². The number of H-pyrrole nitrogens is 1. The van der Waals surface area contributed by atoms with Gasteiger partial charge in [-0.2, -0.15) is 5.21 Å². The summed E-state index contributed by atoms with van der Waals surface area (Å²) in [5.74, 6) is 0.375. The molecule has 0 saturated carbocycles. The van der Waals surface area contributed by atoms with Crippen molar-refractivity contribution in [3.63, 3.8) is 0 Å². The maximum Gasteiger partial charge on any atom is 0.272 e. The minimum absolute atomic E-state index is 0.0262. The first-order chi connectivity index (χ1) is 5.77. The van der Waals surface area contributed by atoms with Crippen LogP contribution in [0.3, 0.4) is 0 Å². The molecule has 2 rings (SSSR count). The molecule has 1 aromatic rings. The van der Waals surface area contributed by atoms with Gasteiger partial charge in [0.2, 0.25) is 5.91 Å². The highest BCUT2D eigenvalue weighted by Crippen LogP contribution is 2.20. The Labute approximate surface area is 76.4 Å². The van der Waals surface area contributed by atoms with E-state index in [0.29, 0.717) is 18.9 Å². The first kappa shape index (κ1) is 7.66. The summed E-state index contributed by atoms with van der Waals surface area (Å²) in [5, 5.41) is 13.1. The third-order valence-corrected chi connectivity index (χ3v) is 2.27. The lowest BCUT2D eigenvalue weighted by Crippen LogP contribution is -2.25. The van der Waals surface area contributed by atoms with Crippen LogP contribution in [-0.2, 0) is 4.79 Å². The Kier molecular flexibility index (Phi) is 1.80. The standard InChI is InChI=1S/C5H6BrN5O/c6-3-1-4(12)11(2-3)5-7-9-10-8-5/h3H,1-2H2,(H,7,8,9,10). The number of carbonyl (C=O) groups excluding carboxylic acids is 1. The molecule has 1 aliphatic rings. The van der Waals surface area contributed by atoms with E-state index in [1.54, 1.807) is 0 Å². The second-order valence-electron chi connectivity index (χ2n) is 2.52. The molecule has 1 aromatic heterocycles. The smallest absolute Gasteiger partial charge is 0.272 e. The van der Waals surface area contributed by atoms with Gasteiger partial charge in [-0.15, -0.1) is 5.10 Å². The van der Waals surface area contributed by atoms with Crippen LogP contribution < -0.4 is 4.90 Å². The minimum Gasteiger partial charge on any atom is -0.277 e. The van der Waals surface area contributed by atoms with Crippen molar-refractivity contribution in [1.82, 2.24) is 20.6 Å². The summed E-state index contributed by atoms with van der Waals surface area (Å²) in [6, 6.07) is 0. The third kappa shape index (κ3) is 1.20. The zero-order valence-corrected chi connectivity index (χ0v) is 7.65. The number of anilines is 1. The van der Waals surface area contributed by atoms with Crippen LogP contribution >= 0.6 is 15.9 Å². The molecule has 12 heavy (non-hydrogen) atoms. The summed E-state index contributed by atoms with van der Waals surface area (Å²) in [6.07, 6.45) is 0.495. The van der Waals surface area contributed by atoms with Gasteiger partial charge in [0.25, 0.3) is 5.95 Å². The highest BCUT2D eigenvalue weighted by Gasteiger charge is 2.30. The monoisotopic (exact) mass is 231 g/mol. The van der Waals surface area contributed by atoms with Crippen molar-refractivity contribution >= 4 is 27.8 Å². The summed E-state index contributed by atoms with van der Waals surface area (Å²) >= 11 is 3.36. The van der Waals surface area contributed by atoms with E-state index >= 15 is 0 Å². The number of halogens is 1. The molecule has 0 aromatic carbocycles. The van der Waals surface area contributed by atoms with Gasteiger partial charge in [-0.1, -0.05) is 21.0 Å². The fourth-order valence-electron chi connectivity index (χ4n) is 1.13. The van der Waals surface area contributed by atoms with Crippen molar-refractivity contribution in [3.05, 3.63) is 0 Å². The highest BCUT2D eigenvalue weighted by molar-refractivity contribution is 9.09. The SMILES string of the molecule is O=C1CC(Br)CN1c1nn[nH]n1.